The number of hydrogen-bond donors (Lipinski definition) is 6. The van der Waals surface area contributed by atoms with E-state index in [9.17, 15) is 30.3 Å². The molecule has 0 saturated carbocycles. The molecule has 1 amide bonds. The lowest BCUT2D eigenvalue weighted by molar-refractivity contribution is -0.302. The minimum absolute atomic E-state index is 0.181. The van der Waals surface area contributed by atoms with Crippen LogP contribution in [0.3, 0.4) is 0 Å². The van der Waals surface area contributed by atoms with E-state index in [4.69, 9.17) is 9.47 Å². The van der Waals surface area contributed by atoms with Crippen molar-refractivity contribution >= 4 is 5.91 Å². The Morgan fingerprint density at radius 1 is 0.600 bits per heavy atom. The summed E-state index contributed by atoms with van der Waals surface area (Å²) in [5.41, 5.74) is 0. The van der Waals surface area contributed by atoms with Crippen LogP contribution in [0.15, 0.2) is 24.3 Å². The number of unbranched alkanes of at least 4 members (excludes halogenated alkanes) is 26. The molecule has 9 heteroatoms. The lowest BCUT2D eigenvalue weighted by Crippen LogP contribution is -2.60. The molecule has 7 unspecified atom stereocenters. The van der Waals surface area contributed by atoms with Gasteiger partial charge in [0.2, 0.25) is 5.91 Å². The first-order valence-electron chi connectivity index (χ1n) is 23.1. The molecule has 0 aromatic rings. The first-order chi connectivity index (χ1) is 26.8. The average Bonchev–Trinajstić information content (AvgIpc) is 3.18. The highest BCUT2D eigenvalue weighted by molar-refractivity contribution is 5.76. The van der Waals surface area contributed by atoms with Gasteiger partial charge in [-0.2, -0.15) is 0 Å². The molecule has 0 aromatic carbocycles. The van der Waals surface area contributed by atoms with Gasteiger partial charge in [0, 0.05) is 6.42 Å². The van der Waals surface area contributed by atoms with Crippen LogP contribution in [0, 0.1) is 0 Å². The fourth-order valence-corrected chi connectivity index (χ4v) is 7.27. The molecule has 6 N–H and O–H groups in total. The molecule has 7 atom stereocenters. The summed E-state index contributed by atoms with van der Waals surface area (Å²) in [4.78, 5) is 12.9. The van der Waals surface area contributed by atoms with Crippen LogP contribution in [0.2, 0.25) is 0 Å². The van der Waals surface area contributed by atoms with Crippen molar-refractivity contribution in [1.82, 2.24) is 5.32 Å². The quantitative estimate of drug-likeness (QED) is 0.0268. The number of aliphatic hydroxyl groups excluding tert-OH is 5. The molecule has 1 fully saturated rings. The van der Waals surface area contributed by atoms with E-state index in [0.29, 0.717) is 6.42 Å². The minimum atomic E-state index is -1.56. The van der Waals surface area contributed by atoms with Gasteiger partial charge in [0.05, 0.1) is 25.4 Å². The van der Waals surface area contributed by atoms with Crippen molar-refractivity contribution in [2.24, 2.45) is 0 Å². The second-order valence-corrected chi connectivity index (χ2v) is 16.2. The van der Waals surface area contributed by atoms with Gasteiger partial charge in [0.25, 0.3) is 0 Å². The molecule has 1 saturated heterocycles. The van der Waals surface area contributed by atoms with Crippen LogP contribution in [0.4, 0.5) is 0 Å². The Bertz CT molecular complexity index is 914. The highest BCUT2D eigenvalue weighted by Gasteiger charge is 2.44. The molecule has 55 heavy (non-hydrogen) atoms. The summed E-state index contributed by atoms with van der Waals surface area (Å²) < 4.78 is 11.1. The summed E-state index contributed by atoms with van der Waals surface area (Å²) in [6.07, 6.45) is 36.9. The summed E-state index contributed by atoms with van der Waals surface area (Å²) in [6.45, 7) is 3.71. The van der Waals surface area contributed by atoms with Crippen molar-refractivity contribution in [3.63, 3.8) is 0 Å². The van der Waals surface area contributed by atoms with Gasteiger partial charge < -0.3 is 40.3 Å². The molecule has 1 aliphatic rings. The van der Waals surface area contributed by atoms with Crippen LogP contribution in [-0.2, 0) is 14.3 Å². The van der Waals surface area contributed by atoms with E-state index >= 15 is 0 Å². The number of amides is 1. The fraction of sp³-hybridized carbons (Fsp3) is 0.891. The van der Waals surface area contributed by atoms with Gasteiger partial charge >= 0.3 is 0 Å². The van der Waals surface area contributed by atoms with Crippen LogP contribution in [0.5, 0.6) is 0 Å². The molecule has 9 nitrogen and oxygen atoms in total. The first-order valence-corrected chi connectivity index (χ1v) is 23.1. The summed E-state index contributed by atoms with van der Waals surface area (Å²) >= 11 is 0. The van der Waals surface area contributed by atoms with Gasteiger partial charge in [-0.15, -0.1) is 0 Å². The molecule has 0 aliphatic carbocycles. The molecule has 0 spiro atoms. The van der Waals surface area contributed by atoms with Crippen LogP contribution in [-0.4, -0.2) is 87.5 Å². The van der Waals surface area contributed by atoms with Crippen molar-refractivity contribution in [1.29, 1.82) is 0 Å². The van der Waals surface area contributed by atoms with E-state index in [-0.39, 0.29) is 12.5 Å². The molecule has 1 rings (SSSR count). The molecule has 0 aromatic heterocycles. The third kappa shape index (κ3) is 27.9. The summed E-state index contributed by atoms with van der Waals surface area (Å²) in [6, 6.07) is -0.799. The third-order valence-corrected chi connectivity index (χ3v) is 11.0. The highest BCUT2D eigenvalue weighted by atomic mass is 16.7. The van der Waals surface area contributed by atoms with Gasteiger partial charge in [-0.25, -0.2) is 0 Å². The number of allylic oxidation sites excluding steroid dienone is 3. The van der Waals surface area contributed by atoms with Gasteiger partial charge in [0.1, 0.15) is 24.4 Å². The Kier molecular flexibility index (Phi) is 34.7. The summed E-state index contributed by atoms with van der Waals surface area (Å²) in [7, 11) is 0. The van der Waals surface area contributed by atoms with Crippen LogP contribution in [0.1, 0.15) is 206 Å². The van der Waals surface area contributed by atoms with E-state index in [1.165, 1.54) is 148 Å². The van der Waals surface area contributed by atoms with E-state index in [1.54, 1.807) is 6.08 Å². The second-order valence-electron chi connectivity index (χ2n) is 16.2. The Hall–Kier alpha value is -1.33. The highest BCUT2D eigenvalue weighted by Crippen LogP contribution is 2.22. The maximum Gasteiger partial charge on any atom is 0.220 e. The Balaban J connectivity index is 2.16. The largest absolute Gasteiger partial charge is 0.394 e. The number of nitrogens with one attached hydrogen (secondary N) is 1. The van der Waals surface area contributed by atoms with Crippen LogP contribution >= 0.6 is 0 Å². The van der Waals surface area contributed by atoms with Crippen LogP contribution < -0.4 is 5.32 Å². The molecule has 1 aliphatic heterocycles. The maximum absolute atomic E-state index is 12.9. The number of carbonyl (C=O) groups is 1. The second kappa shape index (κ2) is 37.0. The van der Waals surface area contributed by atoms with Crippen molar-refractivity contribution in [3.8, 4) is 0 Å². The summed E-state index contributed by atoms with van der Waals surface area (Å²) in [5, 5.41) is 53.9. The van der Waals surface area contributed by atoms with E-state index in [0.717, 1.165) is 38.5 Å². The SMILES string of the molecule is CCCCCCC/C=C/C(O)C(COC1OC(CO)C(O)C(O)C1O)NC(=O)CCCCCCCCCCCCCCC/C=C\CCCCCCCCCC. The Labute approximate surface area is 337 Å². The van der Waals surface area contributed by atoms with E-state index in [2.05, 4.69) is 31.3 Å². The minimum Gasteiger partial charge on any atom is -0.394 e. The average molecular weight is 782 g/mol. The molecule has 0 bridgehead atoms. The van der Waals surface area contributed by atoms with Crippen molar-refractivity contribution in [2.45, 2.75) is 249 Å². The lowest BCUT2D eigenvalue weighted by Gasteiger charge is -2.40. The van der Waals surface area contributed by atoms with Gasteiger partial charge in [0.15, 0.2) is 6.29 Å². The van der Waals surface area contributed by atoms with E-state index in [1.807, 2.05) is 6.08 Å². The number of aliphatic hydroxyl groups is 5. The van der Waals surface area contributed by atoms with Gasteiger partial charge in [-0.1, -0.05) is 179 Å². The van der Waals surface area contributed by atoms with Crippen molar-refractivity contribution in [3.05, 3.63) is 24.3 Å². The first kappa shape index (κ1) is 51.7. The van der Waals surface area contributed by atoms with E-state index < -0.39 is 49.5 Å². The van der Waals surface area contributed by atoms with Crippen molar-refractivity contribution < 1.29 is 39.8 Å². The Morgan fingerprint density at radius 3 is 1.47 bits per heavy atom. The molecule has 1 heterocycles. The van der Waals surface area contributed by atoms with Gasteiger partial charge in [-0.3, -0.25) is 4.79 Å². The normalized spacial score (nSPS) is 21.5. The smallest absolute Gasteiger partial charge is 0.220 e. The maximum atomic E-state index is 12.9. The number of rotatable bonds is 38. The number of ether oxygens (including phenoxy) is 2. The molecular formula is C46H87NO8. The third-order valence-electron chi connectivity index (χ3n) is 11.0. The predicted octanol–water partition coefficient (Wildman–Crippen LogP) is 9.50. The predicted molar refractivity (Wildman–Crippen MR) is 226 cm³/mol. The lowest BCUT2D eigenvalue weighted by atomic mass is 9.99. The zero-order valence-electron chi connectivity index (χ0n) is 35.4. The number of hydrogen-bond acceptors (Lipinski definition) is 8. The fourth-order valence-electron chi connectivity index (χ4n) is 7.27. The monoisotopic (exact) mass is 782 g/mol. The van der Waals surface area contributed by atoms with Crippen LogP contribution in [0.25, 0.3) is 0 Å². The standard InChI is InChI=1S/C46H87NO8/c1-3-5-7-9-11-12-13-14-15-16-17-18-19-20-21-22-23-24-25-26-27-28-30-32-34-36-42(50)47-39(40(49)35-33-31-29-10-8-6-4-2)38-54-46-45(53)44(52)43(51)41(37-48)55-46/h16-17,33,35,39-41,43-46,48-49,51-53H,3-15,18-32,34,36-38H2,1-2H3,(H,47,50)/b17-16-,35-33+. The molecule has 0 radical (unpaired) electrons. The summed E-state index contributed by atoms with van der Waals surface area (Å²) in [5.74, 6) is -0.181. The van der Waals surface area contributed by atoms with Gasteiger partial charge in [-0.05, 0) is 44.9 Å². The molecular weight excluding hydrogens is 695 g/mol. The zero-order chi connectivity index (χ0) is 40.2. The molecule has 324 valence electrons. The van der Waals surface area contributed by atoms with Crippen molar-refractivity contribution in [2.75, 3.05) is 13.2 Å². The zero-order valence-corrected chi connectivity index (χ0v) is 35.4. The topological polar surface area (TPSA) is 149 Å². The number of carbonyl (C=O) groups excluding carboxylic acids is 1. The Morgan fingerprint density at radius 2 is 1.02 bits per heavy atom.